The second kappa shape index (κ2) is 6.54. The fourth-order valence-electron chi connectivity index (χ4n) is 1.97. The van der Waals surface area contributed by atoms with Crippen LogP contribution >= 0.6 is 11.6 Å². The van der Waals surface area contributed by atoms with E-state index in [-0.39, 0.29) is 4.90 Å². The molecule has 0 aromatic heterocycles. The summed E-state index contributed by atoms with van der Waals surface area (Å²) in [6, 6.07) is 10.3. The van der Waals surface area contributed by atoms with Gasteiger partial charge in [0.05, 0.1) is 4.90 Å². The molecule has 0 spiro atoms. The van der Waals surface area contributed by atoms with Crippen LogP contribution < -0.4 is 4.72 Å². The summed E-state index contributed by atoms with van der Waals surface area (Å²) in [5, 5.41) is 1.90. The van der Waals surface area contributed by atoms with Crippen molar-refractivity contribution in [3.05, 3.63) is 41.4 Å². The first-order chi connectivity index (χ1) is 9.56. The van der Waals surface area contributed by atoms with E-state index in [9.17, 15) is 8.42 Å². The highest BCUT2D eigenvalue weighted by Crippen LogP contribution is 2.28. The maximum atomic E-state index is 12.3. The minimum Gasteiger partial charge on any atom is -0.385 e. The van der Waals surface area contributed by atoms with E-state index in [0.29, 0.717) is 30.0 Å². The molecular formula is C14H16ClNO3S. The monoisotopic (exact) mass is 313 g/mol. The number of sulfonamides is 1. The molecule has 0 aliphatic heterocycles. The highest BCUT2D eigenvalue weighted by molar-refractivity contribution is 7.89. The molecule has 0 radical (unpaired) electrons. The van der Waals surface area contributed by atoms with Gasteiger partial charge in [-0.15, -0.1) is 0 Å². The van der Waals surface area contributed by atoms with Crippen molar-refractivity contribution in [1.29, 1.82) is 0 Å². The molecule has 6 heteroatoms. The molecule has 4 nitrogen and oxygen atoms in total. The number of fused-ring (bicyclic) bond motifs is 1. The summed E-state index contributed by atoms with van der Waals surface area (Å²) in [6.07, 6.45) is 0.626. The van der Waals surface area contributed by atoms with Crippen molar-refractivity contribution in [3.63, 3.8) is 0 Å². The average molecular weight is 314 g/mol. The third-order valence-corrected chi connectivity index (χ3v) is 4.79. The Balaban J connectivity index is 2.35. The van der Waals surface area contributed by atoms with Crippen molar-refractivity contribution in [3.8, 4) is 0 Å². The molecule has 0 bridgehead atoms. The third-order valence-electron chi connectivity index (χ3n) is 2.94. The highest BCUT2D eigenvalue weighted by Gasteiger charge is 2.17. The van der Waals surface area contributed by atoms with Crippen LogP contribution in [0.25, 0.3) is 10.8 Å². The summed E-state index contributed by atoms with van der Waals surface area (Å²) in [5.74, 6) is 0. The topological polar surface area (TPSA) is 55.4 Å². The molecule has 108 valence electrons. The van der Waals surface area contributed by atoms with Crippen LogP contribution in [0.2, 0.25) is 5.02 Å². The molecule has 0 amide bonds. The first-order valence-corrected chi connectivity index (χ1v) is 8.08. The van der Waals surface area contributed by atoms with Crippen LogP contribution in [0.5, 0.6) is 0 Å². The zero-order valence-corrected chi connectivity index (χ0v) is 12.7. The molecule has 0 saturated heterocycles. The predicted molar refractivity (Wildman–Crippen MR) is 80.6 cm³/mol. The summed E-state index contributed by atoms with van der Waals surface area (Å²) in [4.78, 5) is 0.245. The molecule has 2 rings (SSSR count). The van der Waals surface area contributed by atoms with E-state index in [2.05, 4.69) is 4.72 Å². The van der Waals surface area contributed by atoms with Gasteiger partial charge < -0.3 is 4.74 Å². The van der Waals surface area contributed by atoms with E-state index in [1.54, 1.807) is 25.3 Å². The fourth-order valence-corrected chi connectivity index (χ4v) is 3.48. The molecule has 0 unspecified atom stereocenters. The van der Waals surface area contributed by atoms with Crippen LogP contribution in [0.4, 0.5) is 0 Å². The normalized spacial score (nSPS) is 11.9. The van der Waals surface area contributed by atoms with E-state index in [0.717, 1.165) is 5.39 Å². The van der Waals surface area contributed by atoms with Gasteiger partial charge in [0, 0.05) is 36.1 Å². The lowest BCUT2D eigenvalue weighted by Crippen LogP contribution is -2.25. The summed E-state index contributed by atoms with van der Waals surface area (Å²) in [5.41, 5.74) is 0. The lowest BCUT2D eigenvalue weighted by molar-refractivity contribution is 0.196. The molecule has 0 saturated carbocycles. The Kier molecular flexibility index (Phi) is 4.99. The first kappa shape index (κ1) is 15.3. The van der Waals surface area contributed by atoms with Gasteiger partial charge in [-0.05, 0) is 18.6 Å². The Labute approximate surface area is 123 Å². The molecular weight excluding hydrogens is 298 g/mol. The standard InChI is InChI=1S/C14H16ClNO3S/c1-19-10-4-9-16-20(17,18)14-8-7-13(15)11-5-2-3-6-12(11)14/h2-3,5-8,16H,4,9-10H2,1H3. The van der Waals surface area contributed by atoms with Crippen molar-refractivity contribution in [2.45, 2.75) is 11.3 Å². The van der Waals surface area contributed by atoms with E-state index < -0.39 is 10.0 Å². The predicted octanol–water partition coefficient (Wildman–Crippen LogP) is 2.81. The van der Waals surface area contributed by atoms with Gasteiger partial charge in [0.25, 0.3) is 0 Å². The fraction of sp³-hybridized carbons (Fsp3) is 0.286. The van der Waals surface area contributed by atoms with Gasteiger partial charge in [-0.2, -0.15) is 0 Å². The number of benzene rings is 2. The number of nitrogens with one attached hydrogen (secondary N) is 1. The second-order valence-electron chi connectivity index (χ2n) is 4.34. The Bertz CT molecular complexity index is 701. The number of rotatable bonds is 6. The highest BCUT2D eigenvalue weighted by atomic mass is 35.5. The van der Waals surface area contributed by atoms with Crippen LogP contribution in [0.3, 0.4) is 0 Å². The Morgan fingerprint density at radius 3 is 2.55 bits per heavy atom. The largest absolute Gasteiger partial charge is 0.385 e. The number of ether oxygens (including phenoxy) is 1. The molecule has 2 aromatic rings. The third kappa shape index (κ3) is 3.30. The Morgan fingerprint density at radius 1 is 1.15 bits per heavy atom. The number of hydrogen-bond donors (Lipinski definition) is 1. The van der Waals surface area contributed by atoms with Gasteiger partial charge >= 0.3 is 0 Å². The van der Waals surface area contributed by atoms with Crippen LogP contribution in [0.1, 0.15) is 6.42 Å². The zero-order valence-electron chi connectivity index (χ0n) is 11.1. The quantitative estimate of drug-likeness (QED) is 0.834. The van der Waals surface area contributed by atoms with E-state index >= 15 is 0 Å². The van der Waals surface area contributed by atoms with E-state index in [4.69, 9.17) is 16.3 Å². The van der Waals surface area contributed by atoms with E-state index in [1.165, 1.54) is 6.07 Å². The molecule has 0 aliphatic rings. The summed E-state index contributed by atoms with van der Waals surface area (Å²) >= 11 is 6.09. The summed E-state index contributed by atoms with van der Waals surface area (Å²) in [6.45, 7) is 0.858. The van der Waals surface area contributed by atoms with Gasteiger partial charge in [0.2, 0.25) is 10.0 Å². The van der Waals surface area contributed by atoms with Crippen LogP contribution in [-0.2, 0) is 14.8 Å². The van der Waals surface area contributed by atoms with Crippen molar-refractivity contribution in [1.82, 2.24) is 4.72 Å². The average Bonchev–Trinajstić information content (AvgIpc) is 2.44. The van der Waals surface area contributed by atoms with Gasteiger partial charge in [0.1, 0.15) is 0 Å². The van der Waals surface area contributed by atoms with Crippen molar-refractivity contribution in [2.75, 3.05) is 20.3 Å². The molecule has 20 heavy (non-hydrogen) atoms. The molecule has 2 aromatic carbocycles. The van der Waals surface area contributed by atoms with Gasteiger partial charge in [-0.3, -0.25) is 0 Å². The minimum atomic E-state index is -3.55. The van der Waals surface area contributed by atoms with Gasteiger partial charge in [0.15, 0.2) is 0 Å². The van der Waals surface area contributed by atoms with Crippen LogP contribution in [0.15, 0.2) is 41.3 Å². The Morgan fingerprint density at radius 2 is 1.85 bits per heavy atom. The number of methoxy groups -OCH3 is 1. The van der Waals surface area contributed by atoms with E-state index in [1.807, 2.05) is 12.1 Å². The molecule has 0 heterocycles. The SMILES string of the molecule is COCCCNS(=O)(=O)c1ccc(Cl)c2ccccc12. The van der Waals surface area contributed by atoms with Crippen LogP contribution in [0, 0.1) is 0 Å². The zero-order chi connectivity index (χ0) is 14.6. The summed E-state index contributed by atoms with van der Waals surface area (Å²) < 4.78 is 32.1. The summed E-state index contributed by atoms with van der Waals surface area (Å²) in [7, 11) is -1.96. The van der Waals surface area contributed by atoms with Crippen molar-refractivity contribution < 1.29 is 13.2 Å². The maximum Gasteiger partial charge on any atom is 0.241 e. The van der Waals surface area contributed by atoms with Crippen molar-refractivity contribution >= 4 is 32.4 Å². The molecule has 0 fully saturated rings. The minimum absolute atomic E-state index is 0.245. The van der Waals surface area contributed by atoms with Gasteiger partial charge in [-0.25, -0.2) is 13.1 Å². The second-order valence-corrected chi connectivity index (χ2v) is 6.48. The molecule has 0 atom stereocenters. The van der Waals surface area contributed by atoms with Crippen LogP contribution in [-0.4, -0.2) is 28.7 Å². The maximum absolute atomic E-state index is 12.3. The molecule has 1 N–H and O–H groups in total. The van der Waals surface area contributed by atoms with Gasteiger partial charge in [-0.1, -0.05) is 35.9 Å². The molecule has 0 aliphatic carbocycles. The lowest BCUT2D eigenvalue weighted by Gasteiger charge is -2.10. The lowest BCUT2D eigenvalue weighted by atomic mass is 10.1. The Hall–Kier alpha value is -1.14. The van der Waals surface area contributed by atoms with Crippen molar-refractivity contribution in [2.24, 2.45) is 0 Å². The number of hydrogen-bond acceptors (Lipinski definition) is 3. The first-order valence-electron chi connectivity index (χ1n) is 6.22. The smallest absolute Gasteiger partial charge is 0.241 e. The number of halogens is 1.